The lowest BCUT2D eigenvalue weighted by Crippen LogP contribution is -2.11. The topological polar surface area (TPSA) is 69.0 Å². The van der Waals surface area contributed by atoms with E-state index >= 15 is 0 Å². The maximum atomic E-state index is 12.5. The number of hydrogen-bond acceptors (Lipinski definition) is 4. The minimum atomic E-state index is -0.145. The molecule has 3 aromatic carbocycles. The number of hydrogen-bond donors (Lipinski definition) is 1. The monoisotopic (exact) mass is 440 g/mol. The summed E-state index contributed by atoms with van der Waals surface area (Å²) in [6, 6.07) is 23.4. The molecule has 4 rings (SSSR count). The number of amides is 1. The van der Waals surface area contributed by atoms with Crippen LogP contribution in [0.25, 0.3) is 17.1 Å². The van der Waals surface area contributed by atoms with Gasteiger partial charge in [0, 0.05) is 16.8 Å². The number of carbonyl (C=O) groups excluding carboxylic acids is 1. The van der Waals surface area contributed by atoms with E-state index < -0.39 is 0 Å². The van der Waals surface area contributed by atoms with Gasteiger partial charge >= 0.3 is 6.01 Å². The second kappa shape index (κ2) is 9.69. The molecule has 4 aromatic rings. The zero-order chi connectivity index (χ0) is 23.4. The Labute approximate surface area is 194 Å². The van der Waals surface area contributed by atoms with Crippen LogP contribution < -0.4 is 10.1 Å². The number of aryl methyl sites for hydroxylation is 2. The number of ether oxygens (including phenoxy) is 1. The lowest BCUT2D eigenvalue weighted by atomic mass is 10.1. The molecule has 1 amide bonds. The molecule has 6 heteroatoms. The Hall–Kier alpha value is -3.93. The lowest BCUT2D eigenvalue weighted by Gasteiger charge is -2.10. The molecule has 0 saturated carbocycles. The van der Waals surface area contributed by atoms with Crippen LogP contribution in [0.15, 0.2) is 72.8 Å². The first-order valence-electron chi connectivity index (χ1n) is 11.0. The molecule has 0 aliphatic heterocycles. The predicted molar refractivity (Wildman–Crippen MR) is 131 cm³/mol. The van der Waals surface area contributed by atoms with Crippen molar-refractivity contribution in [3.05, 3.63) is 89.5 Å². The maximum absolute atomic E-state index is 12.5. The van der Waals surface area contributed by atoms with Crippen molar-refractivity contribution in [2.75, 3.05) is 11.9 Å². The van der Waals surface area contributed by atoms with E-state index in [-0.39, 0.29) is 5.91 Å². The molecule has 0 fully saturated rings. The van der Waals surface area contributed by atoms with Crippen molar-refractivity contribution in [1.29, 1.82) is 0 Å². The highest BCUT2D eigenvalue weighted by Gasteiger charge is 2.17. The summed E-state index contributed by atoms with van der Waals surface area (Å²) in [5.74, 6) is 0.937. The van der Waals surface area contributed by atoms with Crippen molar-refractivity contribution >= 4 is 11.6 Å². The number of nitrogens with zero attached hydrogens (tertiary/aromatic N) is 3. The second-order valence-corrected chi connectivity index (χ2v) is 8.52. The molecular weight excluding hydrogens is 412 g/mol. The second-order valence-electron chi connectivity index (χ2n) is 8.52. The van der Waals surface area contributed by atoms with Crippen molar-refractivity contribution in [3.63, 3.8) is 0 Å². The molecule has 0 unspecified atom stereocenters. The normalized spacial score (nSPS) is 10.9. The first-order valence-corrected chi connectivity index (χ1v) is 11.0. The summed E-state index contributed by atoms with van der Waals surface area (Å²) < 4.78 is 7.59. The summed E-state index contributed by atoms with van der Waals surface area (Å²) in [6.07, 6.45) is 0. The number of nitrogens with one attached hydrogen (secondary N) is 1. The van der Waals surface area contributed by atoms with Crippen molar-refractivity contribution in [2.45, 2.75) is 27.7 Å². The van der Waals surface area contributed by atoms with E-state index in [1.54, 1.807) is 4.68 Å². The first-order chi connectivity index (χ1) is 15.9. The van der Waals surface area contributed by atoms with E-state index in [4.69, 9.17) is 4.74 Å². The molecule has 1 N–H and O–H groups in total. The van der Waals surface area contributed by atoms with Gasteiger partial charge in [-0.25, -0.2) is 4.68 Å². The summed E-state index contributed by atoms with van der Waals surface area (Å²) in [6.45, 7) is 8.76. The molecule has 0 spiro atoms. The fraction of sp³-hybridized carbons (Fsp3) is 0.222. The van der Waals surface area contributed by atoms with E-state index in [0.29, 0.717) is 35.6 Å². The third-order valence-corrected chi connectivity index (χ3v) is 5.20. The van der Waals surface area contributed by atoms with Crippen molar-refractivity contribution in [1.82, 2.24) is 14.8 Å². The van der Waals surface area contributed by atoms with Gasteiger partial charge in [0.05, 0.1) is 12.3 Å². The molecule has 0 saturated heterocycles. The van der Waals surface area contributed by atoms with Gasteiger partial charge in [0.25, 0.3) is 5.91 Å². The highest BCUT2D eigenvalue weighted by Crippen LogP contribution is 2.27. The third-order valence-electron chi connectivity index (χ3n) is 5.20. The molecular formula is C27H28N4O2. The van der Waals surface area contributed by atoms with E-state index in [0.717, 1.165) is 22.4 Å². The molecule has 33 heavy (non-hydrogen) atoms. The Bertz CT molecular complexity index is 1240. The van der Waals surface area contributed by atoms with Gasteiger partial charge in [0.15, 0.2) is 5.82 Å². The van der Waals surface area contributed by atoms with Crippen LogP contribution in [0, 0.1) is 19.8 Å². The number of carbonyl (C=O) groups is 1. The number of benzene rings is 3. The smallest absolute Gasteiger partial charge is 0.336 e. The van der Waals surface area contributed by atoms with Gasteiger partial charge in [-0.3, -0.25) is 4.79 Å². The molecule has 1 heterocycles. The van der Waals surface area contributed by atoms with Gasteiger partial charge in [0.1, 0.15) is 0 Å². The molecule has 6 nitrogen and oxygen atoms in total. The minimum absolute atomic E-state index is 0.145. The summed E-state index contributed by atoms with van der Waals surface area (Å²) in [4.78, 5) is 17.2. The summed E-state index contributed by atoms with van der Waals surface area (Å²) >= 11 is 0. The molecule has 1 aromatic heterocycles. The van der Waals surface area contributed by atoms with Crippen molar-refractivity contribution in [3.8, 4) is 23.1 Å². The average Bonchev–Trinajstić information content (AvgIpc) is 3.23. The first kappa shape index (κ1) is 22.3. The predicted octanol–water partition coefficient (Wildman–Crippen LogP) is 5.84. The van der Waals surface area contributed by atoms with Gasteiger partial charge in [-0.1, -0.05) is 55.8 Å². The quantitative estimate of drug-likeness (QED) is 0.392. The molecule has 0 atom stereocenters. The van der Waals surface area contributed by atoms with Crippen LogP contribution in [0.4, 0.5) is 5.69 Å². The molecule has 168 valence electrons. The summed E-state index contributed by atoms with van der Waals surface area (Å²) in [5.41, 5.74) is 5.36. The third kappa shape index (κ3) is 5.29. The summed E-state index contributed by atoms with van der Waals surface area (Å²) in [5, 5.41) is 7.55. The average molecular weight is 441 g/mol. The number of rotatable bonds is 7. The van der Waals surface area contributed by atoms with Crippen LogP contribution in [0.3, 0.4) is 0 Å². The van der Waals surface area contributed by atoms with E-state index in [2.05, 4.69) is 29.2 Å². The maximum Gasteiger partial charge on any atom is 0.336 e. The van der Waals surface area contributed by atoms with Gasteiger partial charge in [-0.2, -0.15) is 4.98 Å². The standard InChI is InChI=1S/C27H28N4O2/c1-18(2)17-33-27-29-25(24-8-6-5-7-20(24)4)31(30-27)23-15-13-22(14-16-23)28-26(32)21-11-9-19(3)10-12-21/h5-16,18H,17H2,1-4H3,(H,28,32). The largest absolute Gasteiger partial charge is 0.462 e. The zero-order valence-electron chi connectivity index (χ0n) is 19.4. The number of aromatic nitrogens is 3. The van der Waals surface area contributed by atoms with E-state index in [1.165, 1.54) is 0 Å². The Kier molecular flexibility index (Phi) is 6.54. The lowest BCUT2D eigenvalue weighted by molar-refractivity contribution is 0.102. The van der Waals surface area contributed by atoms with Crippen LogP contribution in [-0.2, 0) is 0 Å². The van der Waals surface area contributed by atoms with Gasteiger partial charge in [0.2, 0.25) is 0 Å². The molecule has 0 radical (unpaired) electrons. The van der Waals surface area contributed by atoms with Crippen LogP contribution in [0.2, 0.25) is 0 Å². The molecule has 0 bridgehead atoms. The Morgan fingerprint density at radius 1 is 0.970 bits per heavy atom. The fourth-order valence-electron chi connectivity index (χ4n) is 3.37. The zero-order valence-corrected chi connectivity index (χ0v) is 19.4. The van der Waals surface area contributed by atoms with Crippen molar-refractivity contribution < 1.29 is 9.53 Å². The van der Waals surface area contributed by atoms with Gasteiger partial charge in [-0.15, -0.1) is 5.10 Å². The Balaban J connectivity index is 1.61. The summed E-state index contributed by atoms with van der Waals surface area (Å²) in [7, 11) is 0. The van der Waals surface area contributed by atoms with E-state index in [9.17, 15) is 4.79 Å². The fourth-order valence-corrected chi connectivity index (χ4v) is 3.37. The highest BCUT2D eigenvalue weighted by atomic mass is 16.5. The minimum Gasteiger partial charge on any atom is -0.462 e. The SMILES string of the molecule is Cc1ccc(C(=O)Nc2ccc(-n3nc(OCC(C)C)nc3-c3ccccc3C)cc2)cc1. The van der Waals surface area contributed by atoms with Crippen LogP contribution in [0.5, 0.6) is 6.01 Å². The van der Waals surface area contributed by atoms with Crippen LogP contribution >= 0.6 is 0 Å². The Morgan fingerprint density at radius 3 is 2.33 bits per heavy atom. The van der Waals surface area contributed by atoms with Gasteiger partial charge < -0.3 is 10.1 Å². The molecule has 0 aliphatic carbocycles. The van der Waals surface area contributed by atoms with Gasteiger partial charge in [-0.05, 0) is 61.7 Å². The van der Waals surface area contributed by atoms with E-state index in [1.807, 2.05) is 86.6 Å². The van der Waals surface area contributed by atoms with Crippen LogP contribution in [-0.4, -0.2) is 27.3 Å². The van der Waals surface area contributed by atoms with Crippen molar-refractivity contribution in [2.24, 2.45) is 5.92 Å². The van der Waals surface area contributed by atoms with Crippen LogP contribution in [0.1, 0.15) is 35.3 Å². The highest BCUT2D eigenvalue weighted by molar-refractivity contribution is 6.04. The molecule has 0 aliphatic rings. The number of anilines is 1. The Morgan fingerprint density at radius 2 is 1.67 bits per heavy atom.